The summed E-state index contributed by atoms with van der Waals surface area (Å²) in [4.78, 5) is 41.3. The lowest BCUT2D eigenvalue weighted by Gasteiger charge is -2.17. The number of carbonyl (C=O) groups excluding carboxylic acids is 3. The molecule has 3 amide bonds. The summed E-state index contributed by atoms with van der Waals surface area (Å²) in [6.07, 6.45) is 0.176. The van der Waals surface area contributed by atoms with E-state index < -0.39 is 11.8 Å². The van der Waals surface area contributed by atoms with Crippen molar-refractivity contribution in [1.29, 1.82) is 0 Å². The molecule has 7 nitrogen and oxygen atoms in total. The van der Waals surface area contributed by atoms with Crippen LogP contribution in [0, 0.1) is 5.92 Å². The summed E-state index contributed by atoms with van der Waals surface area (Å²) in [5, 5.41) is 5.36. The van der Waals surface area contributed by atoms with Crippen molar-refractivity contribution in [2.75, 3.05) is 11.9 Å². The average Bonchev–Trinajstić information content (AvgIpc) is 3.16. The van der Waals surface area contributed by atoms with Gasteiger partial charge in [-0.3, -0.25) is 14.4 Å². The maximum Gasteiger partial charge on any atom is 0.231 e. The third-order valence-electron chi connectivity index (χ3n) is 4.04. The number of hydrogen-bond acceptors (Lipinski definition) is 5. The maximum atomic E-state index is 12.4. The zero-order valence-electron chi connectivity index (χ0n) is 13.8. The van der Waals surface area contributed by atoms with Crippen LogP contribution in [0.3, 0.4) is 0 Å². The molecule has 0 aliphatic carbocycles. The van der Waals surface area contributed by atoms with Crippen molar-refractivity contribution in [3.63, 3.8) is 0 Å². The molecule has 1 aliphatic rings. The van der Waals surface area contributed by atoms with Crippen molar-refractivity contribution in [3.8, 4) is 0 Å². The number of benzene rings is 1. The molecule has 1 unspecified atom stereocenters. The monoisotopic (exact) mass is 392 g/mol. The Labute approximate surface area is 159 Å². The van der Waals surface area contributed by atoms with Gasteiger partial charge >= 0.3 is 0 Å². The van der Waals surface area contributed by atoms with E-state index in [-0.39, 0.29) is 24.7 Å². The normalized spacial score (nSPS) is 16.7. The Kier molecular flexibility index (Phi) is 5.53. The Morgan fingerprint density at radius 2 is 2.15 bits per heavy atom. The average molecular weight is 393 g/mol. The lowest BCUT2D eigenvalue weighted by atomic mass is 10.1. The topological polar surface area (TPSA) is 105 Å². The van der Waals surface area contributed by atoms with Crippen LogP contribution >= 0.6 is 22.9 Å². The number of carbonyl (C=O) groups is 3. The molecule has 1 aromatic heterocycles. The largest absolute Gasteiger partial charge is 0.369 e. The number of nitrogens with two attached hydrogens (primary N) is 1. The summed E-state index contributed by atoms with van der Waals surface area (Å²) in [6, 6.07) is 7.32. The van der Waals surface area contributed by atoms with Gasteiger partial charge in [-0.1, -0.05) is 29.8 Å². The number of aromatic nitrogens is 1. The molecule has 1 atom stereocenters. The number of primary amides is 1. The van der Waals surface area contributed by atoms with Crippen molar-refractivity contribution in [3.05, 3.63) is 45.9 Å². The molecule has 2 heterocycles. The number of halogens is 1. The van der Waals surface area contributed by atoms with E-state index in [0.717, 1.165) is 5.56 Å². The van der Waals surface area contributed by atoms with Gasteiger partial charge in [-0.05, 0) is 11.6 Å². The SMILES string of the molecule is NC(=O)Cc1csc(NC(=O)C2CC(=O)N(Cc3ccccc3Cl)C2)n1. The quantitative estimate of drug-likeness (QED) is 0.781. The van der Waals surface area contributed by atoms with Crippen LogP contribution in [0.1, 0.15) is 17.7 Å². The van der Waals surface area contributed by atoms with E-state index in [4.69, 9.17) is 17.3 Å². The molecule has 1 fully saturated rings. The van der Waals surface area contributed by atoms with Crippen LogP contribution in [0.25, 0.3) is 0 Å². The Morgan fingerprint density at radius 3 is 2.88 bits per heavy atom. The van der Waals surface area contributed by atoms with Crippen LogP contribution in [0.2, 0.25) is 5.02 Å². The van der Waals surface area contributed by atoms with Crippen LogP contribution in [0.4, 0.5) is 5.13 Å². The molecule has 26 heavy (non-hydrogen) atoms. The Morgan fingerprint density at radius 1 is 1.38 bits per heavy atom. The van der Waals surface area contributed by atoms with Gasteiger partial charge in [-0.15, -0.1) is 11.3 Å². The van der Waals surface area contributed by atoms with Gasteiger partial charge in [0.2, 0.25) is 17.7 Å². The van der Waals surface area contributed by atoms with Gasteiger partial charge in [0, 0.05) is 29.9 Å². The minimum Gasteiger partial charge on any atom is -0.369 e. The Bertz CT molecular complexity index is 854. The van der Waals surface area contributed by atoms with Crippen molar-refractivity contribution < 1.29 is 14.4 Å². The first-order chi connectivity index (χ1) is 12.4. The maximum absolute atomic E-state index is 12.4. The molecular weight excluding hydrogens is 376 g/mol. The first kappa shape index (κ1) is 18.3. The van der Waals surface area contributed by atoms with E-state index >= 15 is 0 Å². The highest BCUT2D eigenvalue weighted by Crippen LogP contribution is 2.25. The molecular formula is C17H17ClN4O3S. The summed E-state index contributed by atoms with van der Waals surface area (Å²) < 4.78 is 0. The molecule has 0 bridgehead atoms. The highest BCUT2D eigenvalue weighted by Gasteiger charge is 2.34. The smallest absolute Gasteiger partial charge is 0.231 e. The number of rotatable bonds is 6. The predicted molar refractivity (Wildman–Crippen MR) is 98.6 cm³/mol. The van der Waals surface area contributed by atoms with Crippen LogP contribution in [-0.4, -0.2) is 34.2 Å². The number of hydrogen-bond donors (Lipinski definition) is 2. The fourth-order valence-electron chi connectivity index (χ4n) is 2.76. The zero-order valence-corrected chi connectivity index (χ0v) is 15.3. The number of anilines is 1. The van der Waals surface area contributed by atoms with Gasteiger partial charge < -0.3 is 16.0 Å². The first-order valence-electron chi connectivity index (χ1n) is 7.97. The molecule has 1 saturated heterocycles. The van der Waals surface area contributed by atoms with E-state index in [1.165, 1.54) is 11.3 Å². The van der Waals surface area contributed by atoms with Crippen LogP contribution < -0.4 is 11.1 Å². The van der Waals surface area contributed by atoms with Crippen LogP contribution in [-0.2, 0) is 27.3 Å². The zero-order chi connectivity index (χ0) is 18.7. The first-order valence-corrected chi connectivity index (χ1v) is 9.23. The molecule has 1 aromatic carbocycles. The Balaban J connectivity index is 1.59. The minimum absolute atomic E-state index is 0.0277. The van der Waals surface area contributed by atoms with Gasteiger partial charge in [-0.2, -0.15) is 0 Å². The van der Waals surface area contributed by atoms with Gasteiger partial charge in [0.05, 0.1) is 18.0 Å². The molecule has 0 spiro atoms. The van der Waals surface area contributed by atoms with Crippen molar-refractivity contribution in [2.45, 2.75) is 19.4 Å². The van der Waals surface area contributed by atoms with Crippen molar-refractivity contribution in [1.82, 2.24) is 9.88 Å². The summed E-state index contributed by atoms with van der Waals surface area (Å²) in [5.41, 5.74) is 6.49. The number of likely N-dealkylation sites (tertiary alicyclic amines) is 1. The number of nitrogens with zero attached hydrogens (tertiary/aromatic N) is 2. The summed E-state index contributed by atoms with van der Waals surface area (Å²) >= 11 is 7.36. The predicted octanol–water partition coefficient (Wildman–Crippen LogP) is 1.81. The second-order valence-corrected chi connectivity index (χ2v) is 7.31. The molecule has 0 saturated carbocycles. The highest BCUT2D eigenvalue weighted by atomic mass is 35.5. The molecule has 136 valence electrons. The third-order valence-corrected chi connectivity index (χ3v) is 5.22. The van der Waals surface area contributed by atoms with Gasteiger partial charge in [0.25, 0.3) is 0 Å². The third kappa shape index (κ3) is 4.39. The molecule has 3 rings (SSSR count). The summed E-state index contributed by atoms with van der Waals surface area (Å²) in [7, 11) is 0. The fourth-order valence-corrected chi connectivity index (χ4v) is 3.67. The second-order valence-electron chi connectivity index (χ2n) is 6.04. The van der Waals surface area contributed by atoms with Crippen LogP contribution in [0.5, 0.6) is 0 Å². The highest BCUT2D eigenvalue weighted by molar-refractivity contribution is 7.13. The molecule has 3 N–H and O–H groups in total. The summed E-state index contributed by atoms with van der Waals surface area (Å²) in [5.74, 6) is -1.28. The number of nitrogens with one attached hydrogen (secondary N) is 1. The van der Waals surface area contributed by atoms with Crippen molar-refractivity contribution in [2.24, 2.45) is 11.7 Å². The van der Waals surface area contributed by atoms with E-state index in [1.54, 1.807) is 16.3 Å². The fraction of sp³-hybridized carbons (Fsp3) is 0.294. The lowest BCUT2D eigenvalue weighted by molar-refractivity contribution is -0.128. The minimum atomic E-state index is -0.482. The number of amides is 3. The molecule has 1 aliphatic heterocycles. The standard InChI is InChI=1S/C17H17ClN4O3S/c18-13-4-2-1-3-10(13)7-22-8-11(5-15(22)24)16(25)21-17-20-12(9-26-17)6-14(19)23/h1-4,9,11H,5-8H2,(H2,19,23)(H,20,21,25). The van der Waals surface area contributed by atoms with E-state index in [1.807, 2.05) is 18.2 Å². The molecule has 0 radical (unpaired) electrons. The van der Waals surface area contributed by atoms with Gasteiger partial charge in [0.1, 0.15) is 0 Å². The van der Waals surface area contributed by atoms with Gasteiger partial charge in [0.15, 0.2) is 5.13 Å². The van der Waals surface area contributed by atoms with E-state index in [0.29, 0.717) is 28.9 Å². The number of thiazole rings is 1. The van der Waals surface area contributed by atoms with E-state index in [2.05, 4.69) is 10.3 Å². The van der Waals surface area contributed by atoms with Crippen LogP contribution in [0.15, 0.2) is 29.6 Å². The summed E-state index contributed by atoms with van der Waals surface area (Å²) in [6.45, 7) is 0.706. The molecule has 2 aromatic rings. The van der Waals surface area contributed by atoms with Crippen molar-refractivity contribution >= 4 is 45.8 Å². The van der Waals surface area contributed by atoms with E-state index in [9.17, 15) is 14.4 Å². The molecule has 9 heteroatoms. The second kappa shape index (κ2) is 7.84. The van der Waals surface area contributed by atoms with Gasteiger partial charge in [-0.25, -0.2) is 4.98 Å². The lowest BCUT2D eigenvalue weighted by Crippen LogP contribution is -2.28. The Hall–Kier alpha value is -2.45.